The Morgan fingerprint density at radius 3 is 2.73 bits per heavy atom. The topological polar surface area (TPSA) is 118 Å². The van der Waals surface area contributed by atoms with Crippen molar-refractivity contribution in [1.82, 2.24) is 15.0 Å². The van der Waals surface area contributed by atoms with Crippen molar-refractivity contribution in [3.05, 3.63) is 42.1 Å². The Morgan fingerprint density at radius 1 is 1.20 bits per heavy atom. The first kappa shape index (κ1) is 21.1. The molecular weight excluding hydrogens is 386 g/mol. The van der Waals surface area contributed by atoms with Gasteiger partial charge in [0.1, 0.15) is 23.1 Å². The van der Waals surface area contributed by atoms with Gasteiger partial charge in [-0.2, -0.15) is 4.98 Å². The molecule has 30 heavy (non-hydrogen) atoms. The molecule has 0 fully saturated rings. The van der Waals surface area contributed by atoms with Crippen LogP contribution in [0, 0.1) is 0 Å². The summed E-state index contributed by atoms with van der Waals surface area (Å²) in [4.78, 5) is 24.9. The molecule has 0 spiro atoms. The predicted molar refractivity (Wildman–Crippen MR) is 114 cm³/mol. The highest BCUT2D eigenvalue weighted by Gasteiger charge is 2.19. The van der Waals surface area contributed by atoms with Crippen LogP contribution in [0.5, 0.6) is 11.5 Å². The largest absolute Gasteiger partial charge is 0.497 e. The van der Waals surface area contributed by atoms with Crippen LogP contribution in [0.15, 0.2) is 36.5 Å². The second-order valence-electron chi connectivity index (χ2n) is 6.62. The van der Waals surface area contributed by atoms with Gasteiger partial charge in [-0.3, -0.25) is 4.98 Å². The fourth-order valence-corrected chi connectivity index (χ4v) is 3.03. The first-order chi connectivity index (χ1) is 14.5. The number of aromatic nitrogens is 3. The summed E-state index contributed by atoms with van der Waals surface area (Å²) in [6.07, 6.45) is 2.82. The number of aliphatic carboxylic acids is 1. The zero-order valence-corrected chi connectivity index (χ0v) is 17.2. The van der Waals surface area contributed by atoms with E-state index in [1.165, 1.54) is 0 Å². The Hall–Kier alpha value is -3.62. The summed E-state index contributed by atoms with van der Waals surface area (Å²) >= 11 is 0. The van der Waals surface area contributed by atoms with E-state index in [1.807, 2.05) is 25.1 Å². The number of fused-ring (bicyclic) bond motifs is 1. The van der Waals surface area contributed by atoms with Gasteiger partial charge in [-0.05, 0) is 30.7 Å². The smallest absolute Gasteiger partial charge is 0.326 e. The standard InChI is InChI=1S/C21H25N5O4/c1-4-6-16(20(27)28)24-19-18-15(7-5-10-22-18)25-21(26-19)23-12-13-8-9-14(29-2)11-17(13)30-3/h5,7-11,16H,4,6,12H2,1-3H3,(H,27,28)(H2,23,24,25,26)/t16-/m0/s1. The maximum atomic E-state index is 11.6. The highest BCUT2D eigenvalue weighted by atomic mass is 16.5. The third-order valence-electron chi connectivity index (χ3n) is 4.57. The number of ether oxygens (including phenoxy) is 2. The number of benzene rings is 1. The Labute approximate surface area is 174 Å². The molecule has 0 aliphatic carbocycles. The van der Waals surface area contributed by atoms with Gasteiger partial charge in [0.05, 0.1) is 19.7 Å². The number of carboxylic acid groups (broad SMARTS) is 1. The third-order valence-corrected chi connectivity index (χ3v) is 4.57. The van der Waals surface area contributed by atoms with Crippen molar-refractivity contribution in [3.8, 4) is 11.5 Å². The zero-order valence-electron chi connectivity index (χ0n) is 17.2. The van der Waals surface area contributed by atoms with Crippen LogP contribution in [0.4, 0.5) is 11.8 Å². The van der Waals surface area contributed by atoms with Crippen molar-refractivity contribution in [1.29, 1.82) is 0 Å². The van der Waals surface area contributed by atoms with Crippen LogP contribution in [-0.2, 0) is 11.3 Å². The quantitative estimate of drug-likeness (QED) is 0.461. The van der Waals surface area contributed by atoms with Gasteiger partial charge in [-0.15, -0.1) is 0 Å². The zero-order chi connectivity index (χ0) is 21.5. The van der Waals surface area contributed by atoms with E-state index >= 15 is 0 Å². The molecule has 1 atom stereocenters. The molecule has 0 aliphatic heterocycles. The molecule has 3 rings (SSSR count). The van der Waals surface area contributed by atoms with Crippen molar-refractivity contribution >= 4 is 28.8 Å². The van der Waals surface area contributed by atoms with Crippen molar-refractivity contribution < 1.29 is 19.4 Å². The van der Waals surface area contributed by atoms with E-state index < -0.39 is 12.0 Å². The Morgan fingerprint density at radius 2 is 2.03 bits per heavy atom. The van der Waals surface area contributed by atoms with Crippen molar-refractivity contribution in [2.75, 3.05) is 24.9 Å². The molecule has 2 heterocycles. The van der Waals surface area contributed by atoms with E-state index in [9.17, 15) is 9.90 Å². The Kier molecular flexibility index (Phi) is 6.84. The van der Waals surface area contributed by atoms with Gasteiger partial charge in [0, 0.05) is 24.4 Å². The minimum atomic E-state index is -0.933. The number of rotatable bonds is 10. The normalized spacial score (nSPS) is 11.7. The van der Waals surface area contributed by atoms with Crippen LogP contribution < -0.4 is 20.1 Å². The average Bonchev–Trinajstić information content (AvgIpc) is 2.77. The Balaban J connectivity index is 1.89. The minimum absolute atomic E-state index is 0.358. The summed E-state index contributed by atoms with van der Waals surface area (Å²) < 4.78 is 10.7. The van der Waals surface area contributed by atoms with Crippen LogP contribution >= 0.6 is 0 Å². The maximum Gasteiger partial charge on any atom is 0.326 e. The molecule has 0 aliphatic rings. The third kappa shape index (κ3) is 4.86. The van der Waals surface area contributed by atoms with Gasteiger partial charge in [-0.1, -0.05) is 13.3 Å². The Bertz CT molecular complexity index is 1030. The molecule has 3 aromatic rings. The minimum Gasteiger partial charge on any atom is -0.497 e. The summed E-state index contributed by atoms with van der Waals surface area (Å²) in [6, 6.07) is 8.37. The second kappa shape index (κ2) is 9.73. The van der Waals surface area contributed by atoms with Gasteiger partial charge < -0.3 is 25.2 Å². The maximum absolute atomic E-state index is 11.6. The SMILES string of the molecule is CCC[C@H](Nc1nc(NCc2ccc(OC)cc2OC)nc2cccnc12)C(=O)O. The van der Waals surface area contributed by atoms with Gasteiger partial charge in [-0.25, -0.2) is 9.78 Å². The molecule has 0 bridgehead atoms. The number of carbonyl (C=O) groups is 1. The van der Waals surface area contributed by atoms with E-state index in [1.54, 1.807) is 32.5 Å². The lowest BCUT2D eigenvalue weighted by Crippen LogP contribution is -2.29. The van der Waals surface area contributed by atoms with Crippen molar-refractivity contribution in [2.45, 2.75) is 32.4 Å². The van der Waals surface area contributed by atoms with E-state index in [4.69, 9.17) is 9.47 Å². The van der Waals surface area contributed by atoms with Crippen LogP contribution in [0.1, 0.15) is 25.3 Å². The molecule has 2 aromatic heterocycles. The molecule has 1 aromatic carbocycles. The highest BCUT2D eigenvalue weighted by Crippen LogP contribution is 2.26. The molecule has 3 N–H and O–H groups in total. The molecule has 0 amide bonds. The fraction of sp³-hybridized carbons (Fsp3) is 0.333. The monoisotopic (exact) mass is 411 g/mol. The lowest BCUT2D eigenvalue weighted by atomic mass is 10.1. The number of anilines is 2. The number of hydrogen-bond donors (Lipinski definition) is 3. The fourth-order valence-electron chi connectivity index (χ4n) is 3.03. The van der Waals surface area contributed by atoms with Crippen LogP contribution in [0.2, 0.25) is 0 Å². The number of methoxy groups -OCH3 is 2. The molecule has 0 radical (unpaired) electrons. The number of pyridine rings is 1. The van der Waals surface area contributed by atoms with Crippen LogP contribution in [-0.4, -0.2) is 46.3 Å². The van der Waals surface area contributed by atoms with Gasteiger partial charge in [0.2, 0.25) is 5.95 Å². The number of nitrogens with one attached hydrogen (secondary N) is 2. The van der Waals surface area contributed by atoms with Crippen molar-refractivity contribution in [3.63, 3.8) is 0 Å². The average molecular weight is 411 g/mol. The summed E-state index contributed by atoms with van der Waals surface area (Å²) in [5.41, 5.74) is 2.03. The molecule has 9 heteroatoms. The van der Waals surface area contributed by atoms with E-state index in [2.05, 4.69) is 25.6 Å². The molecule has 158 valence electrons. The summed E-state index contributed by atoms with van der Waals surface area (Å²) in [5.74, 6) is 1.18. The predicted octanol–water partition coefficient (Wildman–Crippen LogP) is 3.32. The first-order valence-corrected chi connectivity index (χ1v) is 9.62. The molecule has 9 nitrogen and oxygen atoms in total. The summed E-state index contributed by atoms with van der Waals surface area (Å²) in [5, 5.41) is 15.7. The van der Waals surface area contributed by atoms with Crippen LogP contribution in [0.25, 0.3) is 11.0 Å². The first-order valence-electron chi connectivity index (χ1n) is 9.62. The van der Waals surface area contributed by atoms with Crippen molar-refractivity contribution in [2.24, 2.45) is 0 Å². The highest BCUT2D eigenvalue weighted by molar-refractivity contribution is 5.88. The summed E-state index contributed by atoms with van der Waals surface area (Å²) in [6.45, 7) is 2.35. The second-order valence-corrected chi connectivity index (χ2v) is 6.62. The molecule has 0 saturated carbocycles. The molecule has 0 saturated heterocycles. The molecular formula is C21H25N5O4. The van der Waals surface area contributed by atoms with Crippen LogP contribution in [0.3, 0.4) is 0 Å². The summed E-state index contributed by atoms with van der Waals surface area (Å²) in [7, 11) is 3.19. The van der Waals surface area contributed by atoms with E-state index in [0.29, 0.717) is 47.3 Å². The van der Waals surface area contributed by atoms with E-state index in [0.717, 1.165) is 12.0 Å². The number of carboxylic acids is 1. The van der Waals surface area contributed by atoms with Gasteiger partial charge >= 0.3 is 5.97 Å². The lowest BCUT2D eigenvalue weighted by Gasteiger charge is -2.16. The van der Waals surface area contributed by atoms with E-state index in [-0.39, 0.29) is 0 Å². The number of hydrogen-bond acceptors (Lipinski definition) is 8. The molecule has 0 unspecified atom stereocenters. The number of nitrogens with zero attached hydrogens (tertiary/aromatic N) is 3. The van der Waals surface area contributed by atoms with Gasteiger partial charge in [0.15, 0.2) is 5.82 Å². The van der Waals surface area contributed by atoms with Gasteiger partial charge in [0.25, 0.3) is 0 Å². The lowest BCUT2D eigenvalue weighted by molar-refractivity contribution is -0.138.